The summed E-state index contributed by atoms with van der Waals surface area (Å²) in [6.45, 7) is 0.184. The highest BCUT2D eigenvalue weighted by molar-refractivity contribution is 7.88. The van der Waals surface area contributed by atoms with E-state index in [-0.39, 0.29) is 6.54 Å². The molecule has 1 aliphatic heterocycles. The molecule has 0 saturated heterocycles. The molecular weight excluding hydrogens is 258 g/mol. The van der Waals surface area contributed by atoms with Crippen LogP contribution in [0.2, 0.25) is 0 Å². The third kappa shape index (κ3) is 2.99. The topological polar surface area (TPSA) is 92.7 Å². The number of hydrogen-bond donors (Lipinski definition) is 2. The highest BCUT2D eigenvalue weighted by Gasteiger charge is 2.28. The molecule has 1 unspecified atom stereocenters. The zero-order valence-corrected chi connectivity index (χ0v) is 10.5. The molecular formula is C11H13NO5S. The van der Waals surface area contributed by atoms with Gasteiger partial charge in [0.2, 0.25) is 10.0 Å². The van der Waals surface area contributed by atoms with Crippen LogP contribution in [0.3, 0.4) is 0 Å². The number of hydrogen-bond acceptors (Lipinski definition) is 4. The Labute approximate surface area is 105 Å². The molecule has 2 rings (SSSR count). The van der Waals surface area contributed by atoms with Crippen LogP contribution >= 0.6 is 0 Å². The van der Waals surface area contributed by atoms with Crippen molar-refractivity contribution >= 4 is 16.0 Å². The summed E-state index contributed by atoms with van der Waals surface area (Å²) in [5, 5.41) is 8.85. The molecule has 18 heavy (non-hydrogen) atoms. The Morgan fingerprint density at radius 2 is 2.28 bits per heavy atom. The van der Waals surface area contributed by atoms with Gasteiger partial charge in [0, 0.05) is 13.0 Å². The van der Waals surface area contributed by atoms with Gasteiger partial charge in [0.15, 0.2) is 6.10 Å². The molecule has 1 aliphatic rings. The molecule has 98 valence electrons. The van der Waals surface area contributed by atoms with Gasteiger partial charge in [-0.1, -0.05) is 12.1 Å². The van der Waals surface area contributed by atoms with Crippen LogP contribution in [-0.4, -0.2) is 31.9 Å². The Bertz CT molecular complexity index is 581. The number of aliphatic carboxylic acids is 1. The summed E-state index contributed by atoms with van der Waals surface area (Å²) in [4.78, 5) is 10.8. The van der Waals surface area contributed by atoms with E-state index in [2.05, 4.69) is 4.72 Å². The van der Waals surface area contributed by atoms with E-state index in [1.165, 1.54) is 0 Å². The molecule has 0 saturated carbocycles. The van der Waals surface area contributed by atoms with E-state index < -0.39 is 22.1 Å². The summed E-state index contributed by atoms with van der Waals surface area (Å²) < 4.78 is 29.5. The molecule has 0 aromatic heterocycles. The molecule has 0 aliphatic carbocycles. The van der Waals surface area contributed by atoms with Crippen molar-refractivity contribution < 1.29 is 23.1 Å². The van der Waals surface area contributed by atoms with E-state index in [1.54, 1.807) is 18.2 Å². The predicted molar refractivity (Wildman–Crippen MR) is 63.9 cm³/mol. The first-order valence-electron chi connectivity index (χ1n) is 5.31. The number of benzene rings is 1. The van der Waals surface area contributed by atoms with Gasteiger partial charge in [-0.3, -0.25) is 0 Å². The predicted octanol–water partition coefficient (Wildman–Crippen LogP) is 0.124. The van der Waals surface area contributed by atoms with Crippen LogP contribution in [0.5, 0.6) is 5.75 Å². The van der Waals surface area contributed by atoms with E-state index in [9.17, 15) is 13.2 Å². The minimum atomic E-state index is -3.24. The number of carboxylic acids is 1. The normalized spacial score (nSPS) is 18.2. The summed E-state index contributed by atoms with van der Waals surface area (Å²) >= 11 is 0. The van der Waals surface area contributed by atoms with Crippen LogP contribution < -0.4 is 9.46 Å². The van der Waals surface area contributed by atoms with Crippen molar-refractivity contribution in [2.75, 3.05) is 6.26 Å². The van der Waals surface area contributed by atoms with E-state index in [4.69, 9.17) is 9.84 Å². The average Bonchev–Trinajstić information content (AvgIpc) is 2.68. The zero-order chi connectivity index (χ0) is 13.3. The molecule has 0 amide bonds. The minimum Gasteiger partial charge on any atom is -0.478 e. The highest BCUT2D eigenvalue weighted by atomic mass is 32.2. The second kappa shape index (κ2) is 4.58. The maximum absolute atomic E-state index is 11.0. The van der Waals surface area contributed by atoms with Crippen molar-refractivity contribution in [2.45, 2.75) is 19.1 Å². The van der Waals surface area contributed by atoms with Crippen molar-refractivity contribution in [3.05, 3.63) is 29.3 Å². The van der Waals surface area contributed by atoms with Gasteiger partial charge in [-0.2, -0.15) is 0 Å². The lowest BCUT2D eigenvalue weighted by molar-refractivity contribution is -0.144. The van der Waals surface area contributed by atoms with Crippen LogP contribution in [0.25, 0.3) is 0 Å². The standard InChI is InChI=1S/C11H13NO5S/c1-18(15,16)12-6-7-2-3-9-8(4-7)5-10(17-9)11(13)14/h2-4,10,12H,5-6H2,1H3,(H,13,14). The van der Waals surface area contributed by atoms with Gasteiger partial charge in [0.25, 0.3) is 0 Å². The van der Waals surface area contributed by atoms with Gasteiger partial charge in [0.1, 0.15) is 5.75 Å². The number of ether oxygens (including phenoxy) is 1. The summed E-state index contributed by atoms with van der Waals surface area (Å²) in [5.41, 5.74) is 1.56. The number of nitrogens with one attached hydrogen (secondary N) is 1. The molecule has 6 nitrogen and oxygen atoms in total. The first-order chi connectivity index (χ1) is 8.35. The van der Waals surface area contributed by atoms with E-state index in [0.29, 0.717) is 12.2 Å². The molecule has 0 radical (unpaired) electrons. The first kappa shape index (κ1) is 12.8. The summed E-state index contributed by atoms with van der Waals surface area (Å²) in [5.74, 6) is -0.451. The van der Waals surface area contributed by atoms with Crippen molar-refractivity contribution in [3.8, 4) is 5.75 Å². The van der Waals surface area contributed by atoms with E-state index in [0.717, 1.165) is 17.4 Å². The van der Waals surface area contributed by atoms with E-state index in [1.807, 2.05) is 0 Å². The summed E-state index contributed by atoms with van der Waals surface area (Å²) in [7, 11) is -3.24. The fourth-order valence-electron chi connectivity index (χ4n) is 1.76. The lowest BCUT2D eigenvalue weighted by Crippen LogP contribution is -2.24. The van der Waals surface area contributed by atoms with Crippen LogP contribution in [-0.2, 0) is 27.8 Å². The molecule has 2 N–H and O–H groups in total. The van der Waals surface area contributed by atoms with Crippen molar-refractivity contribution in [1.82, 2.24) is 4.72 Å². The minimum absolute atomic E-state index is 0.184. The van der Waals surface area contributed by atoms with Gasteiger partial charge >= 0.3 is 5.97 Å². The molecule has 1 aromatic rings. The Kier molecular flexibility index (Phi) is 3.27. The molecule has 0 bridgehead atoms. The zero-order valence-electron chi connectivity index (χ0n) is 9.71. The first-order valence-corrected chi connectivity index (χ1v) is 7.20. The number of rotatable bonds is 4. The van der Waals surface area contributed by atoms with Gasteiger partial charge in [0.05, 0.1) is 6.26 Å². The SMILES string of the molecule is CS(=O)(=O)NCc1ccc2c(c1)CC(C(=O)O)O2. The smallest absolute Gasteiger partial charge is 0.345 e. The molecule has 0 fully saturated rings. The molecule has 0 spiro atoms. The van der Waals surface area contributed by atoms with Crippen LogP contribution in [0.4, 0.5) is 0 Å². The number of fused-ring (bicyclic) bond motifs is 1. The molecule has 1 heterocycles. The Morgan fingerprint density at radius 1 is 1.56 bits per heavy atom. The monoisotopic (exact) mass is 271 g/mol. The Hall–Kier alpha value is -1.60. The largest absolute Gasteiger partial charge is 0.478 e. The molecule has 1 atom stereocenters. The van der Waals surface area contributed by atoms with Crippen molar-refractivity contribution in [2.24, 2.45) is 0 Å². The maximum atomic E-state index is 11.0. The summed E-state index contributed by atoms with van der Waals surface area (Å²) in [6, 6.07) is 5.13. The second-order valence-corrected chi connectivity index (χ2v) is 6.02. The van der Waals surface area contributed by atoms with Crippen molar-refractivity contribution in [3.63, 3.8) is 0 Å². The fraction of sp³-hybridized carbons (Fsp3) is 0.364. The van der Waals surface area contributed by atoms with Crippen LogP contribution in [0, 0.1) is 0 Å². The van der Waals surface area contributed by atoms with Crippen LogP contribution in [0.15, 0.2) is 18.2 Å². The fourth-order valence-corrected chi connectivity index (χ4v) is 2.19. The lowest BCUT2D eigenvalue weighted by Gasteiger charge is -2.05. The molecule has 1 aromatic carbocycles. The van der Waals surface area contributed by atoms with E-state index >= 15 is 0 Å². The summed E-state index contributed by atoms with van der Waals surface area (Å²) in [6.07, 6.45) is 0.541. The maximum Gasteiger partial charge on any atom is 0.345 e. The Morgan fingerprint density at radius 3 is 2.89 bits per heavy atom. The van der Waals surface area contributed by atoms with Gasteiger partial charge in [-0.05, 0) is 17.2 Å². The van der Waals surface area contributed by atoms with Gasteiger partial charge in [-0.15, -0.1) is 0 Å². The number of carboxylic acid groups (broad SMARTS) is 1. The van der Waals surface area contributed by atoms with Gasteiger partial charge < -0.3 is 9.84 Å². The number of carbonyl (C=O) groups is 1. The van der Waals surface area contributed by atoms with Gasteiger partial charge in [-0.25, -0.2) is 17.9 Å². The molecule has 7 heteroatoms. The average molecular weight is 271 g/mol. The second-order valence-electron chi connectivity index (χ2n) is 4.18. The quantitative estimate of drug-likeness (QED) is 0.811. The number of sulfonamides is 1. The van der Waals surface area contributed by atoms with Crippen molar-refractivity contribution in [1.29, 1.82) is 0 Å². The highest BCUT2D eigenvalue weighted by Crippen LogP contribution is 2.29. The van der Waals surface area contributed by atoms with Crippen LogP contribution in [0.1, 0.15) is 11.1 Å². The third-order valence-corrected chi connectivity index (χ3v) is 3.28. The Balaban J connectivity index is 2.11. The third-order valence-electron chi connectivity index (χ3n) is 2.61. The lowest BCUT2D eigenvalue weighted by atomic mass is 10.1.